The lowest BCUT2D eigenvalue weighted by Crippen LogP contribution is -2.23. The smallest absolute Gasteiger partial charge is 0.278 e. The average molecular weight is 273 g/mol. The summed E-state index contributed by atoms with van der Waals surface area (Å²) in [5, 5.41) is 2.45. The van der Waals surface area contributed by atoms with Crippen LogP contribution in [0.1, 0.15) is 12.0 Å². The zero-order chi connectivity index (χ0) is 14.5. The summed E-state index contributed by atoms with van der Waals surface area (Å²) in [6.07, 6.45) is 0.820. The monoisotopic (exact) mass is 273 g/mol. The summed E-state index contributed by atoms with van der Waals surface area (Å²) in [6.45, 7) is 0. The Kier molecular flexibility index (Phi) is 3.99. The molecule has 7 heteroatoms. The standard InChI is InChI=1S/C13H15N5O2/c14-11-10(12(20)18-13(15)17-11)16-9(19)7-6-8-4-2-1-3-5-8/h1-5H,6-7H2,(H,16,19)(H5,14,15,17,18,20). The molecule has 0 aliphatic rings. The number of rotatable bonds is 4. The molecule has 7 nitrogen and oxygen atoms in total. The zero-order valence-corrected chi connectivity index (χ0v) is 10.7. The van der Waals surface area contributed by atoms with Crippen LogP contribution < -0.4 is 22.3 Å². The number of benzene rings is 1. The van der Waals surface area contributed by atoms with Crippen LogP contribution in [0, 0.1) is 0 Å². The molecule has 0 unspecified atom stereocenters. The van der Waals surface area contributed by atoms with Crippen molar-refractivity contribution in [3.63, 3.8) is 0 Å². The van der Waals surface area contributed by atoms with Crippen LogP contribution in [0.15, 0.2) is 35.1 Å². The van der Waals surface area contributed by atoms with E-state index in [1.807, 2.05) is 30.3 Å². The molecule has 20 heavy (non-hydrogen) atoms. The van der Waals surface area contributed by atoms with Crippen LogP contribution in [0.2, 0.25) is 0 Å². The summed E-state index contributed by atoms with van der Waals surface area (Å²) in [5.74, 6) is -0.494. The van der Waals surface area contributed by atoms with Gasteiger partial charge < -0.3 is 16.8 Å². The molecule has 0 saturated heterocycles. The number of aryl methyl sites for hydroxylation is 1. The van der Waals surface area contributed by atoms with Gasteiger partial charge in [0.2, 0.25) is 11.9 Å². The van der Waals surface area contributed by atoms with Gasteiger partial charge in [0.05, 0.1) is 0 Å². The van der Waals surface area contributed by atoms with Gasteiger partial charge >= 0.3 is 0 Å². The first kappa shape index (κ1) is 13.6. The Bertz CT molecular complexity index is 666. The third-order valence-electron chi connectivity index (χ3n) is 2.71. The summed E-state index contributed by atoms with van der Waals surface area (Å²) < 4.78 is 0. The van der Waals surface area contributed by atoms with E-state index in [9.17, 15) is 9.59 Å². The first-order valence-corrected chi connectivity index (χ1v) is 6.05. The third kappa shape index (κ3) is 3.35. The van der Waals surface area contributed by atoms with Gasteiger partial charge in [-0.25, -0.2) is 0 Å². The average Bonchev–Trinajstić information content (AvgIpc) is 2.42. The van der Waals surface area contributed by atoms with Crippen molar-refractivity contribution in [1.82, 2.24) is 9.97 Å². The fourth-order valence-electron chi connectivity index (χ4n) is 1.73. The van der Waals surface area contributed by atoms with Crippen LogP contribution in [0.4, 0.5) is 17.5 Å². The number of carbonyl (C=O) groups excluding carboxylic acids is 1. The van der Waals surface area contributed by atoms with Crippen molar-refractivity contribution in [1.29, 1.82) is 0 Å². The van der Waals surface area contributed by atoms with Gasteiger partial charge in [0, 0.05) is 6.42 Å². The van der Waals surface area contributed by atoms with E-state index in [-0.39, 0.29) is 29.8 Å². The Hall–Kier alpha value is -2.83. The van der Waals surface area contributed by atoms with E-state index in [4.69, 9.17) is 11.5 Å². The van der Waals surface area contributed by atoms with Crippen LogP contribution in [0.3, 0.4) is 0 Å². The maximum Gasteiger partial charge on any atom is 0.278 e. The number of nitrogens with two attached hydrogens (primary N) is 2. The first-order chi connectivity index (χ1) is 9.56. The SMILES string of the molecule is Nc1nc(N)c(NC(=O)CCc2ccccc2)c(=O)[nH]1. The minimum atomic E-state index is -0.567. The zero-order valence-electron chi connectivity index (χ0n) is 10.7. The van der Waals surface area contributed by atoms with Crippen LogP contribution in [0.25, 0.3) is 0 Å². The molecule has 1 heterocycles. The molecule has 0 radical (unpaired) electrons. The molecule has 6 N–H and O–H groups in total. The number of hydrogen-bond acceptors (Lipinski definition) is 5. The van der Waals surface area contributed by atoms with E-state index in [1.54, 1.807) is 0 Å². The van der Waals surface area contributed by atoms with Crippen LogP contribution in [0.5, 0.6) is 0 Å². The Morgan fingerprint density at radius 3 is 2.60 bits per heavy atom. The van der Waals surface area contributed by atoms with Gasteiger partial charge in [-0.05, 0) is 12.0 Å². The lowest BCUT2D eigenvalue weighted by Gasteiger charge is -2.07. The van der Waals surface area contributed by atoms with Gasteiger partial charge in [-0.3, -0.25) is 14.6 Å². The fourth-order valence-corrected chi connectivity index (χ4v) is 1.73. The number of carbonyl (C=O) groups is 1. The number of H-pyrrole nitrogens is 1. The Morgan fingerprint density at radius 2 is 1.95 bits per heavy atom. The third-order valence-corrected chi connectivity index (χ3v) is 2.71. The molecule has 0 fully saturated rings. The summed E-state index contributed by atoms with van der Waals surface area (Å²) in [4.78, 5) is 29.4. The molecule has 0 bridgehead atoms. The first-order valence-electron chi connectivity index (χ1n) is 6.05. The number of aromatic amines is 1. The number of nitrogens with zero attached hydrogens (tertiary/aromatic N) is 1. The highest BCUT2D eigenvalue weighted by Crippen LogP contribution is 2.10. The predicted molar refractivity (Wildman–Crippen MR) is 77.1 cm³/mol. The minimum absolute atomic E-state index is 0.0720. The Morgan fingerprint density at radius 1 is 1.25 bits per heavy atom. The molecule has 1 aromatic carbocycles. The summed E-state index contributed by atoms with van der Waals surface area (Å²) in [5.41, 5.74) is 11.3. The lowest BCUT2D eigenvalue weighted by atomic mass is 10.1. The van der Waals surface area contributed by atoms with E-state index >= 15 is 0 Å². The number of anilines is 3. The molecule has 2 rings (SSSR count). The van der Waals surface area contributed by atoms with Crippen molar-refractivity contribution in [3.05, 3.63) is 46.2 Å². The van der Waals surface area contributed by atoms with Crippen LogP contribution >= 0.6 is 0 Å². The number of hydrogen-bond donors (Lipinski definition) is 4. The van der Waals surface area contributed by atoms with Gasteiger partial charge in [-0.1, -0.05) is 30.3 Å². The summed E-state index contributed by atoms with van der Waals surface area (Å²) in [7, 11) is 0. The summed E-state index contributed by atoms with van der Waals surface area (Å²) in [6, 6.07) is 9.57. The Labute approximate surface area is 115 Å². The van der Waals surface area contributed by atoms with Crippen molar-refractivity contribution in [2.75, 3.05) is 16.8 Å². The number of aromatic nitrogens is 2. The molecule has 0 saturated carbocycles. The van der Waals surface area contributed by atoms with Gasteiger partial charge in [0.1, 0.15) is 5.69 Å². The minimum Gasteiger partial charge on any atom is -0.382 e. The lowest BCUT2D eigenvalue weighted by molar-refractivity contribution is -0.116. The van der Waals surface area contributed by atoms with Gasteiger partial charge in [0.15, 0.2) is 5.82 Å². The van der Waals surface area contributed by atoms with Crippen LogP contribution in [-0.4, -0.2) is 15.9 Å². The molecular weight excluding hydrogens is 258 g/mol. The molecule has 0 spiro atoms. The quantitative estimate of drug-likeness (QED) is 0.645. The molecule has 104 valence electrons. The van der Waals surface area contributed by atoms with E-state index in [0.717, 1.165) is 5.56 Å². The maximum absolute atomic E-state index is 11.8. The highest BCUT2D eigenvalue weighted by atomic mass is 16.2. The molecule has 0 aliphatic carbocycles. The van der Waals surface area contributed by atoms with Gasteiger partial charge in [-0.2, -0.15) is 4.98 Å². The van der Waals surface area contributed by atoms with Gasteiger partial charge in [-0.15, -0.1) is 0 Å². The second kappa shape index (κ2) is 5.87. The molecule has 0 aliphatic heterocycles. The van der Waals surface area contributed by atoms with E-state index in [1.165, 1.54) is 0 Å². The largest absolute Gasteiger partial charge is 0.382 e. The topological polar surface area (TPSA) is 127 Å². The Balaban J connectivity index is 2.00. The molecule has 0 atom stereocenters. The fraction of sp³-hybridized carbons (Fsp3) is 0.154. The van der Waals surface area contributed by atoms with E-state index < -0.39 is 5.56 Å². The van der Waals surface area contributed by atoms with Gasteiger partial charge in [0.25, 0.3) is 5.56 Å². The van der Waals surface area contributed by atoms with Crippen LogP contribution in [-0.2, 0) is 11.2 Å². The second-order valence-corrected chi connectivity index (χ2v) is 4.25. The molecular formula is C13H15N5O2. The second-order valence-electron chi connectivity index (χ2n) is 4.25. The summed E-state index contributed by atoms with van der Waals surface area (Å²) >= 11 is 0. The number of nitrogen functional groups attached to an aromatic ring is 2. The van der Waals surface area contributed by atoms with Crippen molar-refractivity contribution >= 4 is 23.4 Å². The van der Waals surface area contributed by atoms with Crippen molar-refractivity contribution in [2.45, 2.75) is 12.8 Å². The highest BCUT2D eigenvalue weighted by Gasteiger charge is 2.11. The normalized spacial score (nSPS) is 10.2. The molecule has 1 aromatic heterocycles. The molecule has 2 aromatic rings. The highest BCUT2D eigenvalue weighted by molar-refractivity contribution is 5.93. The number of nitrogens with one attached hydrogen (secondary N) is 2. The van der Waals surface area contributed by atoms with Crippen molar-refractivity contribution in [3.8, 4) is 0 Å². The predicted octanol–water partition coefficient (Wildman–Crippen LogP) is 0.506. The van der Waals surface area contributed by atoms with Crippen molar-refractivity contribution < 1.29 is 4.79 Å². The van der Waals surface area contributed by atoms with E-state index in [2.05, 4.69) is 15.3 Å². The van der Waals surface area contributed by atoms with E-state index in [0.29, 0.717) is 6.42 Å². The number of amides is 1. The van der Waals surface area contributed by atoms with Crippen molar-refractivity contribution in [2.24, 2.45) is 0 Å². The maximum atomic E-state index is 11.8. The molecule has 1 amide bonds.